The second kappa shape index (κ2) is 6.98. The van der Waals surface area contributed by atoms with E-state index < -0.39 is 11.7 Å². The van der Waals surface area contributed by atoms with Gasteiger partial charge < -0.3 is 19.7 Å². The fourth-order valence-corrected chi connectivity index (χ4v) is 2.54. The molecule has 0 atom stereocenters. The Morgan fingerprint density at radius 3 is 2.68 bits per heavy atom. The summed E-state index contributed by atoms with van der Waals surface area (Å²) in [4.78, 5) is 25.5. The fourth-order valence-electron chi connectivity index (χ4n) is 2.36. The van der Waals surface area contributed by atoms with Gasteiger partial charge in [-0.2, -0.15) is 0 Å². The number of nitrogens with zero attached hydrogens (tertiary/aromatic N) is 1. The zero-order chi connectivity index (χ0) is 18.0. The Morgan fingerprint density at radius 2 is 1.96 bits per heavy atom. The Balaban J connectivity index is 1.74. The molecule has 0 bridgehead atoms. The smallest absolute Gasteiger partial charge is 0.244 e. The molecule has 1 aliphatic rings. The molecule has 130 valence electrons. The van der Waals surface area contributed by atoms with Gasteiger partial charge in [-0.05, 0) is 30.3 Å². The monoisotopic (exact) mass is 364 g/mol. The molecule has 2 aromatic rings. The first-order chi connectivity index (χ1) is 11.9. The highest BCUT2D eigenvalue weighted by atomic mass is 35.5. The van der Waals surface area contributed by atoms with E-state index in [1.807, 2.05) is 0 Å². The molecule has 0 radical (unpaired) electrons. The highest BCUT2D eigenvalue weighted by Crippen LogP contribution is 2.35. The van der Waals surface area contributed by atoms with Crippen molar-refractivity contribution < 1.29 is 23.5 Å². The Hall–Kier alpha value is -2.80. The number of hydrogen-bond acceptors (Lipinski definition) is 4. The lowest BCUT2D eigenvalue weighted by atomic mass is 10.2. The van der Waals surface area contributed by atoms with Crippen LogP contribution in [0.5, 0.6) is 11.5 Å². The maximum absolute atomic E-state index is 13.2. The Morgan fingerprint density at radius 1 is 1.20 bits per heavy atom. The number of fused-ring (bicyclic) bond motifs is 1. The van der Waals surface area contributed by atoms with Gasteiger partial charge in [0, 0.05) is 24.4 Å². The average molecular weight is 365 g/mol. The molecule has 2 aromatic carbocycles. The van der Waals surface area contributed by atoms with Crippen molar-refractivity contribution in [3.05, 3.63) is 47.2 Å². The van der Waals surface area contributed by atoms with E-state index in [0.717, 1.165) is 6.07 Å². The van der Waals surface area contributed by atoms with Gasteiger partial charge in [0.2, 0.25) is 18.6 Å². The van der Waals surface area contributed by atoms with Gasteiger partial charge in [0.25, 0.3) is 0 Å². The van der Waals surface area contributed by atoms with Gasteiger partial charge in [-0.3, -0.25) is 9.59 Å². The second-order valence-corrected chi connectivity index (χ2v) is 5.73. The van der Waals surface area contributed by atoms with Gasteiger partial charge in [0.15, 0.2) is 11.5 Å². The Bertz CT molecular complexity index is 843. The molecule has 1 heterocycles. The summed E-state index contributed by atoms with van der Waals surface area (Å²) >= 11 is 5.69. The van der Waals surface area contributed by atoms with E-state index in [2.05, 4.69) is 5.32 Å². The lowest BCUT2D eigenvalue weighted by Gasteiger charge is -2.21. The minimum absolute atomic E-state index is 0.100. The number of amides is 2. The highest BCUT2D eigenvalue weighted by Gasteiger charge is 2.20. The maximum Gasteiger partial charge on any atom is 0.244 e. The third-order valence-electron chi connectivity index (χ3n) is 3.55. The summed E-state index contributed by atoms with van der Waals surface area (Å²) in [6, 6.07) is 8.80. The van der Waals surface area contributed by atoms with Crippen molar-refractivity contribution in [2.45, 2.75) is 6.92 Å². The fraction of sp³-hybridized carbons (Fsp3) is 0.176. The minimum Gasteiger partial charge on any atom is -0.454 e. The van der Waals surface area contributed by atoms with Crippen molar-refractivity contribution >= 4 is 34.8 Å². The molecule has 0 saturated carbocycles. The average Bonchev–Trinajstić information content (AvgIpc) is 3.03. The van der Waals surface area contributed by atoms with E-state index in [4.69, 9.17) is 21.1 Å². The molecule has 2 amide bonds. The van der Waals surface area contributed by atoms with Crippen LogP contribution in [-0.2, 0) is 9.59 Å². The third kappa shape index (κ3) is 3.83. The topological polar surface area (TPSA) is 67.9 Å². The molecule has 0 aromatic heterocycles. The van der Waals surface area contributed by atoms with E-state index in [-0.39, 0.29) is 24.3 Å². The molecule has 0 saturated heterocycles. The zero-order valence-corrected chi connectivity index (χ0v) is 14.0. The molecule has 1 aliphatic heterocycles. The molecule has 0 spiro atoms. The van der Waals surface area contributed by atoms with Crippen molar-refractivity contribution in [3.63, 3.8) is 0 Å². The van der Waals surface area contributed by atoms with Gasteiger partial charge in [-0.15, -0.1) is 0 Å². The summed E-state index contributed by atoms with van der Waals surface area (Å²) < 4.78 is 23.7. The molecular weight excluding hydrogens is 351 g/mol. The van der Waals surface area contributed by atoms with Crippen LogP contribution in [0, 0.1) is 5.82 Å². The molecule has 6 nitrogen and oxygen atoms in total. The molecule has 0 aliphatic carbocycles. The number of ether oxygens (including phenoxy) is 2. The lowest BCUT2D eigenvalue weighted by molar-refractivity contribution is -0.120. The SMILES string of the molecule is CC(=O)N(CC(=O)Nc1ccc(F)c(Cl)c1)c1ccc2c(c1)OCO2. The highest BCUT2D eigenvalue weighted by molar-refractivity contribution is 6.31. The number of benzene rings is 2. The van der Waals surface area contributed by atoms with Crippen molar-refractivity contribution in [2.75, 3.05) is 23.6 Å². The van der Waals surface area contributed by atoms with Crippen LogP contribution in [0.3, 0.4) is 0 Å². The van der Waals surface area contributed by atoms with Crippen molar-refractivity contribution in [1.29, 1.82) is 0 Å². The van der Waals surface area contributed by atoms with Gasteiger partial charge in [-0.25, -0.2) is 4.39 Å². The first-order valence-corrected chi connectivity index (χ1v) is 7.74. The van der Waals surface area contributed by atoms with E-state index in [1.165, 1.54) is 24.0 Å². The number of nitrogens with one attached hydrogen (secondary N) is 1. The number of carbonyl (C=O) groups excluding carboxylic acids is 2. The van der Waals surface area contributed by atoms with Gasteiger partial charge >= 0.3 is 0 Å². The van der Waals surface area contributed by atoms with Crippen LogP contribution < -0.4 is 19.7 Å². The number of hydrogen-bond donors (Lipinski definition) is 1. The molecule has 25 heavy (non-hydrogen) atoms. The van der Waals surface area contributed by atoms with Gasteiger partial charge in [-0.1, -0.05) is 11.6 Å². The van der Waals surface area contributed by atoms with Crippen LogP contribution in [-0.4, -0.2) is 25.2 Å². The van der Waals surface area contributed by atoms with E-state index >= 15 is 0 Å². The summed E-state index contributed by atoms with van der Waals surface area (Å²) in [5, 5.41) is 2.48. The van der Waals surface area contributed by atoms with Crippen LogP contribution in [0.15, 0.2) is 36.4 Å². The Kier molecular flexibility index (Phi) is 4.76. The van der Waals surface area contributed by atoms with Crippen LogP contribution in [0.1, 0.15) is 6.92 Å². The van der Waals surface area contributed by atoms with Crippen LogP contribution in [0.4, 0.5) is 15.8 Å². The predicted molar refractivity (Wildman–Crippen MR) is 90.6 cm³/mol. The molecular formula is C17H14ClFN2O4. The summed E-state index contributed by atoms with van der Waals surface area (Å²) in [6.45, 7) is 1.25. The number of halogens is 2. The molecule has 8 heteroatoms. The standard InChI is InChI=1S/C17H14ClFN2O4/c1-10(22)21(12-3-5-15-16(7-12)25-9-24-15)8-17(23)20-11-2-4-14(19)13(18)6-11/h2-7H,8-9H2,1H3,(H,20,23). The van der Waals surface area contributed by atoms with Crippen molar-refractivity contribution in [3.8, 4) is 11.5 Å². The van der Waals surface area contributed by atoms with Gasteiger partial charge in [0.1, 0.15) is 12.4 Å². The molecule has 1 N–H and O–H groups in total. The zero-order valence-electron chi connectivity index (χ0n) is 13.2. The maximum atomic E-state index is 13.2. The second-order valence-electron chi connectivity index (χ2n) is 5.32. The lowest BCUT2D eigenvalue weighted by Crippen LogP contribution is -2.36. The van der Waals surface area contributed by atoms with Crippen molar-refractivity contribution in [1.82, 2.24) is 0 Å². The first kappa shape index (κ1) is 17.0. The summed E-state index contributed by atoms with van der Waals surface area (Å²) in [5.74, 6) is -0.251. The third-order valence-corrected chi connectivity index (χ3v) is 3.84. The Labute approximate surface area is 148 Å². The van der Waals surface area contributed by atoms with E-state index in [0.29, 0.717) is 22.9 Å². The van der Waals surface area contributed by atoms with Crippen LogP contribution >= 0.6 is 11.6 Å². The molecule has 3 rings (SSSR count). The van der Waals surface area contributed by atoms with E-state index in [9.17, 15) is 14.0 Å². The van der Waals surface area contributed by atoms with Crippen molar-refractivity contribution in [2.24, 2.45) is 0 Å². The number of carbonyl (C=O) groups is 2. The summed E-state index contributed by atoms with van der Waals surface area (Å²) in [6.07, 6.45) is 0. The molecule has 0 fully saturated rings. The van der Waals surface area contributed by atoms with Crippen LogP contribution in [0.2, 0.25) is 5.02 Å². The molecule has 0 unspecified atom stereocenters. The minimum atomic E-state index is -0.578. The normalized spacial score (nSPS) is 12.0. The summed E-state index contributed by atoms with van der Waals surface area (Å²) in [7, 11) is 0. The largest absolute Gasteiger partial charge is 0.454 e. The number of anilines is 2. The first-order valence-electron chi connectivity index (χ1n) is 7.36. The predicted octanol–water partition coefficient (Wildman–Crippen LogP) is 3.20. The summed E-state index contributed by atoms with van der Waals surface area (Å²) in [5.41, 5.74) is 0.842. The van der Waals surface area contributed by atoms with Crippen LogP contribution in [0.25, 0.3) is 0 Å². The number of rotatable bonds is 4. The quantitative estimate of drug-likeness (QED) is 0.904. The van der Waals surface area contributed by atoms with E-state index in [1.54, 1.807) is 18.2 Å². The van der Waals surface area contributed by atoms with Gasteiger partial charge in [0.05, 0.1) is 5.02 Å².